The van der Waals surface area contributed by atoms with Crippen molar-refractivity contribution in [3.63, 3.8) is 0 Å². The molecule has 4 nitrogen and oxygen atoms in total. The molecule has 0 aliphatic rings. The first-order chi connectivity index (χ1) is 8.60. The van der Waals surface area contributed by atoms with E-state index in [0.29, 0.717) is 6.42 Å². The number of hydrogen-bond acceptors (Lipinski definition) is 4. The summed E-state index contributed by atoms with van der Waals surface area (Å²) >= 11 is 0. The zero-order chi connectivity index (χ0) is 13.5. The van der Waals surface area contributed by atoms with Gasteiger partial charge in [0.1, 0.15) is 5.75 Å². The zero-order valence-corrected chi connectivity index (χ0v) is 11.4. The van der Waals surface area contributed by atoms with Gasteiger partial charge in [0.15, 0.2) is 0 Å². The Morgan fingerprint density at radius 1 is 1.39 bits per heavy atom. The number of aryl methyl sites for hydroxylation is 1. The molecule has 0 fully saturated rings. The lowest BCUT2D eigenvalue weighted by molar-refractivity contribution is -0.141. The van der Waals surface area contributed by atoms with Crippen LogP contribution < -0.4 is 10.1 Å². The summed E-state index contributed by atoms with van der Waals surface area (Å²) in [7, 11) is 4.90. The maximum Gasteiger partial charge on any atom is 0.307 e. The van der Waals surface area contributed by atoms with E-state index < -0.39 is 0 Å². The molecule has 1 unspecified atom stereocenters. The number of hydrogen-bond donors (Lipinski definition) is 1. The third kappa shape index (κ3) is 4.04. The first-order valence-corrected chi connectivity index (χ1v) is 5.98. The van der Waals surface area contributed by atoms with Gasteiger partial charge in [0.05, 0.1) is 20.6 Å². The third-order valence-electron chi connectivity index (χ3n) is 2.95. The van der Waals surface area contributed by atoms with Gasteiger partial charge in [0.2, 0.25) is 0 Å². The first kappa shape index (κ1) is 14.5. The summed E-state index contributed by atoms with van der Waals surface area (Å²) in [5.74, 6) is 0.645. The lowest BCUT2D eigenvalue weighted by atomic mass is 10.0. The summed E-state index contributed by atoms with van der Waals surface area (Å²) in [6.07, 6.45) is 1.08. The summed E-state index contributed by atoms with van der Waals surface area (Å²) in [5.41, 5.74) is 2.28. The van der Waals surface area contributed by atoms with Gasteiger partial charge in [-0.3, -0.25) is 4.79 Å². The minimum atomic E-state index is -0.207. The molecule has 0 aromatic heterocycles. The van der Waals surface area contributed by atoms with Crippen molar-refractivity contribution in [2.75, 3.05) is 21.3 Å². The average Bonchev–Trinajstić information content (AvgIpc) is 2.38. The number of ether oxygens (including phenoxy) is 2. The van der Waals surface area contributed by atoms with E-state index in [1.807, 2.05) is 26.1 Å². The van der Waals surface area contributed by atoms with Crippen molar-refractivity contribution in [1.82, 2.24) is 5.32 Å². The highest BCUT2D eigenvalue weighted by molar-refractivity contribution is 5.70. The average molecular weight is 251 g/mol. The molecular weight excluding hydrogens is 230 g/mol. The largest absolute Gasteiger partial charge is 0.496 e. The lowest BCUT2D eigenvalue weighted by Crippen LogP contribution is -2.30. The first-order valence-electron chi connectivity index (χ1n) is 5.98. The summed E-state index contributed by atoms with van der Waals surface area (Å²) in [6, 6.07) is 6.10. The molecule has 1 atom stereocenters. The molecule has 0 amide bonds. The Balaban J connectivity index is 2.80. The van der Waals surface area contributed by atoms with Gasteiger partial charge < -0.3 is 14.8 Å². The molecule has 4 heteroatoms. The van der Waals surface area contributed by atoms with Crippen LogP contribution in [0.2, 0.25) is 0 Å². The molecule has 0 aliphatic heterocycles. The number of benzene rings is 1. The van der Waals surface area contributed by atoms with Crippen LogP contribution in [-0.4, -0.2) is 33.3 Å². The number of likely N-dealkylation sites (N-methyl/N-ethyl adjacent to an activating group) is 1. The van der Waals surface area contributed by atoms with Crippen molar-refractivity contribution in [3.05, 3.63) is 29.3 Å². The third-order valence-corrected chi connectivity index (χ3v) is 2.95. The highest BCUT2D eigenvalue weighted by atomic mass is 16.5. The number of nitrogens with one attached hydrogen (secondary N) is 1. The van der Waals surface area contributed by atoms with Crippen LogP contribution >= 0.6 is 0 Å². The van der Waals surface area contributed by atoms with Gasteiger partial charge in [-0.1, -0.05) is 17.7 Å². The predicted octanol–water partition coefficient (Wildman–Crippen LogP) is 1.70. The fourth-order valence-electron chi connectivity index (χ4n) is 1.89. The fraction of sp³-hybridized carbons (Fsp3) is 0.500. The van der Waals surface area contributed by atoms with Gasteiger partial charge in [0.25, 0.3) is 0 Å². The van der Waals surface area contributed by atoms with Gasteiger partial charge in [-0.05, 0) is 32.0 Å². The molecule has 0 heterocycles. The number of carbonyl (C=O) groups is 1. The molecule has 0 radical (unpaired) electrons. The Bertz CT molecular complexity index is 404. The molecule has 1 aromatic rings. The van der Waals surface area contributed by atoms with E-state index in [-0.39, 0.29) is 12.0 Å². The molecule has 18 heavy (non-hydrogen) atoms. The molecule has 0 saturated carbocycles. The number of esters is 1. The monoisotopic (exact) mass is 251 g/mol. The van der Waals surface area contributed by atoms with Gasteiger partial charge in [-0.25, -0.2) is 0 Å². The predicted molar refractivity (Wildman–Crippen MR) is 70.9 cm³/mol. The number of methoxy groups -OCH3 is 2. The standard InChI is InChI=1S/C14H21NO3/c1-10-5-6-13(17-3)11(7-10)8-12(15-2)9-14(16)18-4/h5-7,12,15H,8-9H2,1-4H3. The molecule has 0 saturated heterocycles. The van der Waals surface area contributed by atoms with Crippen LogP contribution in [0.3, 0.4) is 0 Å². The summed E-state index contributed by atoms with van der Waals surface area (Å²) < 4.78 is 10.0. The molecular formula is C14H21NO3. The van der Waals surface area contributed by atoms with Gasteiger partial charge in [0, 0.05) is 6.04 Å². The topological polar surface area (TPSA) is 47.6 Å². The van der Waals surface area contributed by atoms with Crippen LogP contribution in [0.1, 0.15) is 17.5 Å². The van der Waals surface area contributed by atoms with Gasteiger partial charge in [-0.15, -0.1) is 0 Å². The maximum absolute atomic E-state index is 11.3. The molecule has 0 bridgehead atoms. The van der Waals surface area contributed by atoms with E-state index in [4.69, 9.17) is 9.47 Å². The number of carbonyl (C=O) groups excluding carboxylic acids is 1. The van der Waals surface area contributed by atoms with Gasteiger partial charge in [-0.2, -0.15) is 0 Å². The summed E-state index contributed by atoms with van der Waals surface area (Å²) in [4.78, 5) is 11.3. The fourth-order valence-corrected chi connectivity index (χ4v) is 1.89. The Morgan fingerprint density at radius 3 is 2.67 bits per heavy atom. The second-order valence-corrected chi connectivity index (χ2v) is 4.29. The molecule has 0 spiro atoms. The smallest absolute Gasteiger partial charge is 0.307 e. The van der Waals surface area contributed by atoms with E-state index in [9.17, 15) is 4.79 Å². The SMILES string of the molecule is CNC(CC(=O)OC)Cc1cc(C)ccc1OC. The second-order valence-electron chi connectivity index (χ2n) is 4.29. The van der Waals surface area contributed by atoms with Crippen LogP contribution in [0.4, 0.5) is 0 Å². The molecule has 1 aromatic carbocycles. The maximum atomic E-state index is 11.3. The Hall–Kier alpha value is -1.55. The van der Waals surface area contributed by atoms with E-state index in [1.165, 1.54) is 12.7 Å². The molecule has 100 valence electrons. The summed E-state index contributed by atoms with van der Waals surface area (Å²) in [6.45, 7) is 2.04. The number of rotatable bonds is 6. The van der Waals surface area contributed by atoms with Gasteiger partial charge >= 0.3 is 5.97 Å². The second kappa shape index (κ2) is 7.01. The van der Waals surface area contributed by atoms with Crippen molar-refractivity contribution >= 4 is 5.97 Å². The van der Waals surface area contributed by atoms with Crippen LogP contribution in [-0.2, 0) is 16.0 Å². The highest BCUT2D eigenvalue weighted by Crippen LogP contribution is 2.21. The lowest BCUT2D eigenvalue weighted by Gasteiger charge is -2.17. The zero-order valence-electron chi connectivity index (χ0n) is 11.4. The Morgan fingerprint density at radius 2 is 2.11 bits per heavy atom. The molecule has 0 aliphatic carbocycles. The summed E-state index contributed by atoms with van der Waals surface area (Å²) in [5, 5.41) is 3.13. The van der Waals surface area contributed by atoms with Crippen molar-refractivity contribution < 1.29 is 14.3 Å². The van der Waals surface area contributed by atoms with E-state index in [1.54, 1.807) is 7.11 Å². The van der Waals surface area contributed by atoms with Crippen molar-refractivity contribution in [2.45, 2.75) is 25.8 Å². The van der Waals surface area contributed by atoms with E-state index in [0.717, 1.165) is 17.7 Å². The van der Waals surface area contributed by atoms with Crippen LogP contribution in [0.5, 0.6) is 5.75 Å². The minimum Gasteiger partial charge on any atom is -0.496 e. The van der Waals surface area contributed by atoms with Crippen LogP contribution in [0.25, 0.3) is 0 Å². The minimum absolute atomic E-state index is 0.0492. The van der Waals surface area contributed by atoms with Crippen LogP contribution in [0, 0.1) is 6.92 Å². The highest BCUT2D eigenvalue weighted by Gasteiger charge is 2.15. The van der Waals surface area contributed by atoms with E-state index in [2.05, 4.69) is 11.4 Å². The van der Waals surface area contributed by atoms with Crippen LogP contribution in [0.15, 0.2) is 18.2 Å². The van der Waals surface area contributed by atoms with Crippen molar-refractivity contribution in [2.24, 2.45) is 0 Å². The normalized spacial score (nSPS) is 12.0. The Labute approximate surface area is 108 Å². The quantitative estimate of drug-likeness (QED) is 0.782. The van der Waals surface area contributed by atoms with Crippen molar-refractivity contribution in [1.29, 1.82) is 0 Å². The molecule has 1 N–H and O–H groups in total. The van der Waals surface area contributed by atoms with E-state index >= 15 is 0 Å². The Kier molecular flexibility index (Phi) is 5.65. The molecule has 1 rings (SSSR count). The van der Waals surface area contributed by atoms with Crippen molar-refractivity contribution in [3.8, 4) is 5.75 Å².